The standard InChI is InChI=1S/C14H19N3OS/c1-3-9(7-18)17-13-12-10-5-4-6-11(10)19-14(12)16-8(2)15-13/h9,18H,3-7H2,1-2H3,(H,15,16,17). The second kappa shape index (κ2) is 5.06. The number of anilines is 1. The molecule has 2 aromatic heterocycles. The number of aryl methyl sites for hydroxylation is 3. The predicted octanol–water partition coefficient (Wildman–Crippen LogP) is 2.67. The summed E-state index contributed by atoms with van der Waals surface area (Å²) in [5.74, 6) is 1.70. The summed E-state index contributed by atoms with van der Waals surface area (Å²) in [5, 5.41) is 13.9. The van der Waals surface area contributed by atoms with E-state index in [2.05, 4.69) is 22.2 Å². The summed E-state index contributed by atoms with van der Waals surface area (Å²) in [6, 6.07) is 0.0643. The molecular weight excluding hydrogens is 258 g/mol. The fraction of sp³-hybridized carbons (Fsp3) is 0.571. The van der Waals surface area contributed by atoms with Gasteiger partial charge < -0.3 is 10.4 Å². The molecule has 0 fully saturated rings. The van der Waals surface area contributed by atoms with Crippen molar-refractivity contribution >= 4 is 27.4 Å². The first-order valence-electron chi connectivity index (χ1n) is 6.89. The Labute approximate surface area is 116 Å². The summed E-state index contributed by atoms with van der Waals surface area (Å²) in [5.41, 5.74) is 1.43. The zero-order valence-corrected chi connectivity index (χ0v) is 12.2. The number of aliphatic hydroxyl groups is 1. The van der Waals surface area contributed by atoms with Crippen molar-refractivity contribution in [3.63, 3.8) is 0 Å². The van der Waals surface area contributed by atoms with Crippen molar-refractivity contribution in [2.45, 2.75) is 45.6 Å². The van der Waals surface area contributed by atoms with Crippen LogP contribution in [0.15, 0.2) is 0 Å². The maximum Gasteiger partial charge on any atom is 0.139 e. The zero-order chi connectivity index (χ0) is 13.4. The Bertz CT molecular complexity index is 604. The van der Waals surface area contributed by atoms with Crippen LogP contribution in [0.5, 0.6) is 0 Å². The summed E-state index contributed by atoms with van der Waals surface area (Å²) in [7, 11) is 0. The number of aromatic nitrogens is 2. The summed E-state index contributed by atoms with van der Waals surface area (Å²) >= 11 is 1.80. The lowest BCUT2D eigenvalue weighted by Gasteiger charge is -2.16. The third-order valence-electron chi connectivity index (χ3n) is 3.73. The van der Waals surface area contributed by atoms with Crippen molar-refractivity contribution in [1.82, 2.24) is 9.97 Å². The number of hydrogen-bond acceptors (Lipinski definition) is 5. The lowest BCUT2D eigenvalue weighted by atomic mass is 10.1. The summed E-state index contributed by atoms with van der Waals surface area (Å²) < 4.78 is 0. The van der Waals surface area contributed by atoms with E-state index < -0.39 is 0 Å². The van der Waals surface area contributed by atoms with Gasteiger partial charge in [0, 0.05) is 4.88 Å². The fourth-order valence-electron chi connectivity index (χ4n) is 2.68. The van der Waals surface area contributed by atoms with Crippen LogP contribution in [0.2, 0.25) is 0 Å². The third kappa shape index (κ3) is 2.21. The second-order valence-electron chi connectivity index (χ2n) is 5.09. The van der Waals surface area contributed by atoms with Gasteiger partial charge in [0.05, 0.1) is 18.0 Å². The molecule has 4 nitrogen and oxygen atoms in total. The van der Waals surface area contributed by atoms with Gasteiger partial charge in [-0.05, 0) is 38.2 Å². The number of hydrogen-bond donors (Lipinski definition) is 2. The Kier molecular flexibility index (Phi) is 3.41. The highest BCUT2D eigenvalue weighted by Gasteiger charge is 2.22. The highest BCUT2D eigenvalue weighted by molar-refractivity contribution is 7.19. The SMILES string of the molecule is CCC(CO)Nc1nc(C)nc2sc3c(c12)CCC3. The Balaban J connectivity index is 2.11. The van der Waals surface area contributed by atoms with Crippen LogP contribution in [0.1, 0.15) is 36.0 Å². The van der Waals surface area contributed by atoms with Crippen molar-refractivity contribution in [3.8, 4) is 0 Å². The van der Waals surface area contributed by atoms with E-state index in [0.717, 1.165) is 29.3 Å². The van der Waals surface area contributed by atoms with Crippen LogP contribution in [0, 0.1) is 6.92 Å². The molecule has 1 aliphatic rings. The van der Waals surface area contributed by atoms with Gasteiger partial charge in [-0.1, -0.05) is 6.92 Å². The average molecular weight is 277 g/mol. The van der Waals surface area contributed by atoms with E-state index in [9.17, 15) is 5.11 Å². The van der Waals surface area contributed by atoms with E-state index in [1.54, 1.807) is 11.3 Å². The molecule has 2 N–H and O–H groups in total. The van der Waals surface area contributed by atoms with E-state index in [4.69, 9.17) is 0 Å². The number of rotatable bonds is 4. The molecule has 1 aliphatic carbocycles. The van der Waals surface area contributed by atoms with Gasteiger partial charge in [-0.2, -0.15) is 0 Å². The molecule has 2 heterocycles. The summed E-state index contributed by atoms with van der Waals surface area (Å²) in [6.07, 6.45) is 4.42. The molecular formula is C14H19N3OS. The van der Waals surface area contributed by atoms with Crippen LogP contribution in [0.3, 0.4) is 0 Å². The van der Waals surface area contributed by atoms with Crippen molar-refractivity contribution in [3.05, 3.63) is 16.3 Å². The lowest BCUT2D eigenvalue weighted by molar-refractivity contribution is 0.271. The Morgan fingerprint density at radius 1 is 1.37 bits per heavy atom. The number of fused-ring (bicyclic) bond motifs is 3. The molecule has 0 aliphatic heterocycles. The number of thiophene rings is 1. The summed E-state index contributed by atoms with van der Waals surface area (Å²) in [6.45, 7) is 4.12. The fourth-order valence-corrected chi connectivity index (χ4v) is 3.98. The van der Waals surface area contributed by atoms with Crippen LogP contribution < -0.4 is 5.32 Å². The van der Waals surface area contributed by atoms with Crippen LogP contribution >= 0.6 is 11.3 Å². The van der Waals surface area contributed by atoms with Crippen molar-refractivity contribution < 1.29 is 5.11 Å². The minimum atomic E-state index is 0.0643. The molecule has 0 aromatic carbocycles. The first-order valence-corrected chi connectivity index (χ1v) is 7.70. The average Bonchev–Trinajstić information content (AvgIpc) is 2.95. The van der Waals surface area contributed by atoms with E-state index in [-0.39, 0.29) is 12.6 Å². The van der Waals surface area contributed by atoms with Crippen molar-refractivity contribution in [2.24, 2.45) is 0 Å². The molecule has 102 valence electrons. The topological polar surface area (TPSA) is 58.0 Å². The molecule has 5 heteroatoms. The Morgan fingerprint density at radius 3 is 2.95 bits per heavy atom. The van der Waals surface area contributed by atoms with Gasteiger partial charge in [0.2, 0.25) is 0 Å². The van der Waals surface area contributed by atoms with Gasteiger partial charge in [-0.3, -0.25) is 0 Å². The first-order chi connectivity index (χ1) is 9.22. The highest BCUT2D eigenvalue weighted by Crippen LogP contribution is 2.39. The molecule has 19 heavy (non-hydrogen) atoms. The minimum Gasteiger partial charge on any atom is -0.394 e. The second-order valence-corrected chi connectivity index (χ2v) is 6.17. The first kappa shape index (κ1) is 12.8. The normalized spacial score (nSPS) is 15.7. The number of nitrogens with zero attached hydrogens (tertiary/aromatic N) is 2. The molecule has 0 radical (unpaired) electrons. The van der Waals surface area contributed by atoms with Crippen LogP contribution in [-0.2, 0) is 12.8 Å². The molecule has 0 saturated carbocycles. The van der Waals surface area contributed by atoms with E-state index in [0.29, 0.717) is 0 Å². The quantitative estimate of drug-likeness (QED) is 0.902. The van der Waals surface area contributed by atoms with Gasteiger partial charge in [-0.15, -0.1) is 11.3 Å². The monoisotopic (exact) mass is 277 g/mol. The largest absolute Gasteiger partial charge is 0.394 e. The molecule has 3 rings (SSSR count). The number of aliphatic hydroxyl groups excluding tert-OH is 1. The van der Waals surface area contributed by atoms with Crippen molar-refractivity contribution in [2.75, 3.05) is 11.9 Å². The lowest BCUT2D eigenvalue weighted by Crippen LogP contribution is -2.23. The molecule has 0 spiro atoms. The Hall–Kier alpha value is -1.20. The maximum absolute atomic E-state index is 9.37. The van der Waals surface area contributed by atoms with E-state index in [1.807, 2.05) is 6.92 Å². The van der Waals surface area contributed by atoms with Crippen LogP contribution in [0.4, 0.5) is 5.82 Å². The molecule has 0 saturated heterocycles. The molecule has 0 bridgehead atoms. The predicted molar refractivity (Wildman–Crippen MR) is 79.0 cm³/mol. The van der Waals surface area contributed by atoms with E-state index >= 15 is 0 Å². The Morgan fingerprint density at radius 2 is 2.21 bits per heavy atom. The van der Waals surface area contributed by atoms with Gasteiger partial charge >= 0.3 is 0 Å². The molecule has 1 unspecified atom stereocenters. The van der Waals surface area contributed by atoms with Crippen molar-refractivity contribution in [1.29, 1.82) is 0 Å². The highest BCUT2D eigenvalue weighted by atomic mass is 32.1. The van der Waals surface area contributed by atoms with Gasteiger partial charge in [-0.25, -0.2) is 9.97 Å². The smallest absolute Gasteiger partial charge is 0.139 e. The third-order valence-corrected chi connectivity index (χ3v) is 4.92. The molecule has 0 amide bonds. The van der Waals surface area contributed by atoms with E-state index in [1.165, 1.54) is 28.7 Å². The molecule has 2 aromatic rings. The van der Waals surface area contributed by atoms with Gasteiger partial charge in [0.1, 0.15) is 16.5 Å². The van der Waals surface area contributed by atoms with Gasteiger partial charge in [0.25, 0.3) is 0 Å². The zero-order valence-electron chi connectivity index (χ0n) is 11.4. The van der Waals surface area contributed by atoms with Gasteiger partial charge in [0.15, 0.2) is 0 Å². The number of nitrogens with one attached hydrogen (secondary N) is 1. The van der Waals surface area contributed by atoms with Crippen LogP contribution in [-0.4, -0.2) is 27.7 Å². The maximum atomic E-state index is 9.37. The molecule has 1 atom stereocenters. The summed E-state index contributed by atoms with van der Waals surface area (Å²) in [4.78, 5) is 11.7. The van der Waals surface area contributed by atoms with Crippen LogP contribution in [0.25, 0.3) is 10.2 Å². The minimum absolute atomic E-state index is 0.0643.